The van der Waals surface area contributed by atoms with Crippen molar-refractivity contribution in [3.05, 3.63) is 0 Å². The lowest BCUT2D eigenvalue weighted by Crippen LogP contribution is -2.49. The van der Waals surface area contributed by atoms with Crippen molar-refractivity contribution in [2.45, 2.75) is 50.6 Å². The van der Waals surface area contributed by atoms with Crippen molar-refractivity contribution < 1.29 is 4.79 Å². The number of nitrogens with two attached hydrogens (primary N) is 1. The maximum absolute atomic E-state index is 12.0. The Kier molecular flexibility index (Phi) is 8.57. The van der Waals surface area contributed by atoms with E-state index in [0.717, 1.165) is 18.7 Å². The van der Waals surface area contributed by atoms with Gasteiger partial charge in [0.25, 0.3) is 0 Å². The van der Waals surface area contributed by atoms with Gasteiger partial charge >= 0.3 is 0 Å². The van der Waals surface area contributed by atoms with Gasteiger partial charge in [0.1, 0.15) is 0 Å². The minimum absolute atomic E-state index is 0.00158. The van der Waals surface area contributed by atoms with Gasteiger partial charge in [0, 0.05) is 12.6 Å². The van der Waals surface area contributed by atoms with Crippen molar-refractivity contribution in [3.63, 3.8) is 0 Å². The molecule has 0 heterocycles. The van der Waals surface area contributed by atoms with Gasteiger partial charge in [-0.05, 0) is 51.3 Å². The highest BCUT2D eigenvalue weighted by Gasteiger charge is 2.26. The molecule has 2 atom stereocenters. The maximum atomic E-state index is 12.0. The molecule has 0 spiro atoms. The number of nitrogens with one attached hydrogen (secondary N) is 1. The van der Waals surface area contributed by atoms with E-state index in [-0.39, 0.29) is 11.9 Å². The maximum Gasteiger partial charge on any atom is 0.237 e. The molecule has 3 N–H and O–H groups in total. The lowest BCUT2D eigenvalue weighted by Gasteiger charge is -2.35. The van der Waals surface area contributed by atoms with Gasteiger partial charge in [0.05, 0.1) is 6.04 Å². The van der Waals surface area contributed by atoms with Crippen LogP contribution in [0.15, 0.2) is 0 Å². The topological polar surface area (TPSA) is 58.4 Å². The Bertz CT molecular complexity index is 280. The minimum atomic E-state index is -0.364. The van der Waals surface area contributed by atoms with Crippen molar-refractivity contribution in [1.82, 2.24) is 10.2 Å². The number of nitrogens with zero attached hydrogens (tertiary/aromatic N) is 1. The fraction of sp³-hybridized carbons (Fsp3) is 0.933. The summed E-state index contributed by atoms with van der Waals surface area (Å²) >= 11 is 1.73. The van der Waals surface area contributed by atoms with Crippen LogP contribution in [0.1, 0.15) is 38.5 Å². The molecule has 0 bridgehead atoms. The summed E-state index contributed by atoms with van der Waals surface area (Å²) in [5, 5.41) is 3.06. The normalized spacial score (nSPS) is 19.9. The molecule has 1 amide bonds. The predicted octanol–water partition coefficient (Wildman–Crippen LogP) is 1.69. The minimum Gasteiger partial charge on any atom is -0.353 e. The number of hydrogen-bond acceptors (Lipinski definition) is 4. The second-order valence-electron chi connectivity index (χ2n) is 6.06. The second-order valence-corrected chi connectivity index (χ2v) is 7.05. The summed E-state index contributed by atoms with van der Waals surface area (Å²) in [5.74, 6) is 1.65. The van der Waals surface area contributed by atoms with E-state index in [0.29, 0.717) is 12.0 Å². The summed E-state index contributed by atoms with van der Waals surface area (Å²) in [5.41, 5.74) is 5.91. The molecule has 1 saturated carbocycles. The Morgan fingerprint density at radius 1 is 1.35 bits per heavy atom. The Hall–Kier alpha value is -0.260. The highest BCUT2D eigenvalue weighted by molar-refractivity contribution is 7.98. The molecule has 5 heteroatoms. The Morgan fingerprint density at radius 2 is 2.00 bits per heavy atom. The third kappa shape index (κ3) is 6.02. The molecule has 0 radical (unpaired) electrons. The molecule has 0 saturated heterocycles. The number of carbonyl (C=O) groups excluding carboxylic acids is 1. The van der Waals surface area contributed by atoms with Gasteiger partial charge in [0.15, 0.2) is 0 Å². The average Bonchev–Trinajstić information content (AvgIpc) is 2.45. The molecule has 4 nitrogen and oxygen atoms in total. The molecule has 0 aromatic rings. The monoisotopic (exact) mass is 301 g/mol. The third-order valence-corrected chi connectivity index (χ3v) is 4.96. The summed E-state index contributed by atoms with van der Waals surface area (Å²) in [4.78, 5) is 14.2. The van der Waals surface area contributed by atoms with E-state index in [9.17, 15) is 4.79 Å². The van der Waals surface area contributed by atoms with Gasteiger partial charge in [-0.2, -0.15) is 11.8 Å². The highest BCUT2D eigenvalue weighted by atomic mass is 32.2. The lowest BCUT2D eigenvalue weighted by molar-refractivity contribution is -0.122. The number of rotatable bonds is 8. The van der Waals surface area contributed by atoms with Crippen LogP contribution in [-0.4, -0.2) is 55.5 Å². The lowest BCUT2D eigenvalue weighted by atomic mass is 9.83. The number of hydrogen-bond donors (Lipinski definition) is 2. The fourth-order valence-electron chi connectivity index (χ4n) is 3.00. The van der Waals surface area contributed by atoms with E-state index in [1.54, 1.807) is 11.8 Å². The zero-order valence-electron chi connectivity index (χ0n) is 13.2. The molecule has 1 rings (SSSR count). The van der Waals surface area contributed by atoms with Crippen LogP contribution in [0.3, 0.4) is 0 Å². The van der Waals surface area contributed by atoms with Crippen LogP contribution in [0, 0.1) is 5.92 Å². The molecule has 1 aliphatic carbocycles. The van der Waals surface area contributed by atoms with E-state index < -0.39 is 0 Å². The van der Waals surface area contributed by atoms with Gasteiger partial charge in [-0.3, -0.25) is 4.79 Å². The average molecular weight is 302 g/mol. The van der Waals surface area contributed by atoms with Crippen LogP contribution in [0.25, 0.3) is 0 Å². The summed E-state index contributed by atoms with van der Waals surface area (Å²) in [6.45, 7) is 0.726. The molecule has 0 aromatic heterocycles. The Labute approximate surface area is 128 Å². The van der Waals surface area contributed by atoms with E-state index >= 15 is 0 Å². The van der Waals surface area contributed by atoms with E-state index in [1.165, 1.54) is 32.1 Å². The Balaban J connectivity index is 2.39. The van der Waals surface area contributed by atoms with Crippen LogP contribution < -0.4 is 11.1 Å². The van der Waals surface area contributed by atoms with Crippen molar-refractivity contribution >= 4 is 17.7 Å². The molecule has 0 aliphatic heterocycles. The first kappa shape index (κ1) is 17.8. The van der Waals surface area contributed by atoms with Gasteiger partial charge in [-0.1, -0.05) is 19.3 Å². The highest BCUT2D eigenvalue weighted by Crippen LogP contribution is 2.28. The van der Waals surface area contributed by atoms with Crippen molar-refractivity contribution in [2.24, 2.45) is 11.7 Å². The summed E-state index contributed by atoms with van der Waals surface area (Å²) in [7, 11) is 4.22. The summed E-state index contributed by atoms with van der Waals surface area (Å²) in [6.07, 6.45) is 9.39. The largest absolute Gasteiger partial charge is 0.353 e. The smallest absolute Gasteiger partial charge is 0.237 e. The second kappa shape index (κ2) is 9.64. The van der Waals surface area contributed by atoms with E-state index in [1.807, 2.05) is 6.26 Å². The van der Waals surface area contributed by atoms with Gasteiger partial charge < -0.3 is 16.0 Å². The van der Waals surface area contributed by atoms with Crippen LogP contribution in [0.2, 0.25) is 0 Å². The van der Waals surface area contributed by atoms with Crippen molar-refractivity contribution in [2.75, 3.05) is 32.6 Å². The van der Waals surface area contributed by atoms with Gasteiger partial charge in [0.2, 0.25) is 5.91 Å². The van der Waals surface area contributed by atoms with E-state index in [4.69, 9.17) is 5.73 Å². The number of carbonyl (C=O) groups is 1. The molecular formula is C15H31N3OS. The first-order valence-corrected chi connectivity index (χ1v) is 9.14. The van der Waals surface area contributed by atoms with Crippen LogP contribution in [-0.2, 0) is 4.79 Å². The van der Waals surface area contributed by atoms with Crippen LogP contribution >= 0.6 is 11.8 Å². The number of amides is 1. The first-order chi connectivity index (χ1) is 9.56. The van der Waals surface area contributed by atoms with Crippen LogP contribution in [0.5, 0.6) is 0 Å². The third-order valence-electron chi connectivity index (χ3n) is 4.31. The zero-order chi connectivity index (χ0) is 15.0. The van der Waals surface area contributed by atoms with Gasteiger partial charge in [-0.15, -0.1) is 0 Å². The molecular weight excluding hydrogens is 270 g/mol. The SMILES string of the molecule is CSCC[C@H](N)C(=O)NCC(C1CCCCC1)N(C)C. The fourth-order valence-corrected chi connectivity index (χ4v) is 3.49. The Morgan fingerprint density at radius 3 is 2.55 bits per heavy atom. The molecule has 1 unspecified atom stereocenters. The zero-order valence-corrected chi connectivity index (χ0v) is 14.0. The molecule has 1 aliphatic rings. The molecule has 1 fully saturated rings. The summed E-state index contributed by atoms with van der Waals surface area (Å²) in [6, 6.07) is 0.0728. The van der Waals surface area contributed by atoms with E-state index in [2.05, 4.69) is 24.3 Å². The van der Waals surface area contributed by atoms with Crippen LogP contribution in [0.4, 0.5) is 0 Å². The molecule has 0 aromatic carbocycles. The quantitative estimate of drug-likeness (QED) is 0.716. The van der Waals surface area contributed by atoms with Crippen molar-refractivity contribution in [1.29, 1.82) is 0 Å². The number of thioether (sulfide) groups is 1. The number of likely N-dealkylation sites (N-methyl/N-ethyl adjacent to an activating group) is 1. The molecule has 118 valence electrons. The first-order valence-electron chi connectivity index (χ1n) is 7.75. The summed E-state index contributed by atoms with van der Waals surface area (Å²) < 4.78 is 0. The standard InChI is InChI=1S/C15H31N3OS/c1-18(2)14(12-7-5-4-6-8-12)11-17-15(19)13(16)9-10-20-3/h12-14H,4-11,16H2,1-3H3,(H,17,19)/t13-,14?/m0/s1. The molecule has 20 heavy (non-hydrogen) atoms. The predicted molar refractivity (Wildman–Crippen MR) is 88.0 cm³/mol. The van der Waals surface area contributed by atoms with Gasteiger partial charge in [-0.25, -0.2) is 0 Å². The van der Waals surface area contributed by atoms with Crippen molar-refractivity contribution in [3.8, 4) is 0 Å².